The van der Waals surface area contributed by atoms with Gasteiger partial charge in [0.05, 0.1) is 0 Å². The first-order chi connectivity index (χ1) is 4.93. The van der Waals surface area contributed by atoms with Crippen LogP contribution in [-0.4, -0.2) is 11.9 Å². The number of hydrogen-bond donors (Lipinski definition) is 0. The molecule has 1 heterocycles. The molecule has 1 aromatic heterocycles. The topological polar surface area (TPSA) is 12.9 Å². The first kappa shape index (κ1) is 7.02. The molecule has 0 saturated carbocycles. The van der Waals surface area contributed by atoms with Crippen molar-refractivity contribution in [1.29, 1.82) is 0 Å². The molecule has 10 heavy (non-hydrogen) atoms. The molecule has 0 aliphatic carbocycles. The third-order valence-corrected chi connectivity index (χ3v) is 1.19. The predicted octanol–water partition coefficient (Wildman–Crippen LogP) is 0.985. The third kappa shape index (κ3) is 2.02. The van der Waals surface area contributed by atoms with E-state index in [0.29, 0.717) is 0 Å². The van der Waals surface area contributed by atoms with E-state index in [0.717, 1.165) is 6.42 Å². The summed E-state index contributed by atoms with van der Waals surface area (Å²) in [7, 11) is 0. The van der Waals surface area contributed by atoms with Crippen LogP contribution in [0.2, 0.25) is 0 Å². The molecule has 2 heteroatoms. The van der Waals surface area contributed by atoms with Gasteiger partial charge in [0, 0.05) is 0 Å². The van der Waals surface area contributed by atoms with Gasteiger partial charge < -0.3 is 0 Å². The van der Waals surface area contributed by atoms with Crippen LogP contribution >= 0.6 is 0 Å². The van der Waals surface area contributed by atoms with Gasteiger partial charge in [0.25, 0.3) is 0 Å². The molecule has 0 unspecified atom stereocenters. The van der Waals surface area contributed by atoms with Crippen molar-refractivity contribution >= 4 is 6.91 Å². The Bertz CT molecular complexity index is 245. The van der Waals surface area contributed by atoms with Crippen molar-refractivity contribution in [2.75, 3.05) is 0 Å². The monoisotopic (exact) mass is 129 g/mol. The molecule has 0 aliphatic rings. The molecule has 0 aromatic carbocycles. The molecular weight excluding hydrogens is 121 g/mol. The van der Waals surface area contributed by atoms with Crippen molar-refractivity contribution in [2.45, 2.75) is 13.3 Å². The number of nitrogens with zero attached hydrogens (tertiary/aromatic N) is 1. The Kier molecular flexibility index (Phi) is 2.70. The van der Waals surface area contributed by atoms with Crippen LogP contribution in [0, 0.1) is 11.8 Å². The molecule has 0 radical (unpaired) electrons. The molecule has 1 nitrogen and oxygen atoms in total. The molecule has 0 N–H and O–H groups in total. The number of rotatable bonds is 1. The normalized spacial score (nSPS) is 7.70. The van der Waals surface area contributed by atoms with Gasteiger partial charge in [-0.15, -0.1) is 0 Å². The average Bonchev–Trinajstić information content (AvgIpc) is 2.03. The summed E-state index contributed by atoms with van der Waals surface area (Å²) in [6.45, 7) is 3.87. The van der Waals surface area contributed by atoms with Gasteiger partial charge in [0.1, 0.15) is 0 Å². The summed E-state index contributed by atoms with van der Waals surface area (Å²) in [4.78, 5) is 3.97. The fourth-order valence-electron chi connectivity index (χ4n) is 0.693. The molecular formula is C8H8BN. The van der Waals surface area contributed by atoms with Gasteiger partial charge in [-0.3, -0.25) is 0 Å². The second kappa shape index (κ2) is 3.84. The molecule has 0 fully saturated rings. The van der Waals surface area contributed by atoms with E-state index in [2.05, 4.69) is 16.8 Å². The predicted molar refractivity (Wildman–Crippen MR) is 42.7 cm³/mol. The zero-order valence-corrected chi connectivity index (χ0v) is 5.96. The van der Waals surface area contributed by atoms with Crippen LogP contribution < -0.4 is 0 Å². The standard InChI is InChI=1S/C8H8BN/c1-2-3-4-8-7-10-6-5-9-8/h5-7H,4H2,1H3. The van der Waals surface area contributed by atoms with E-state index in [1.54, 1.807) is 6.20 Å². The molecule has 0 aliphatic heterocycles. The molecule has 0 bridgehead atoms. The van der Waals surface area contributed by atoms with Crippen LogP contribution in [-0.2, 0) is 6.42 Å². The summed E-state index contributed by atoms with van der Waals surface area (Å²) < 4.78 is 0. The summed E-state index contributed by atoms with van der Waals surface area (Å²) in [6, 6.07) is 0. The van der Waals surface area contributed by atoms with E-state index in [1.165, 1.54) is 5.46 Å². The van der Waals surface area contributed by atoms with E-state index >= 15 is 0 Å². The van der Waals surface area contributed by atoms with E-state index in [-0.39, 0.29) is 0 Å². The Labute approximate surface area is 61.7 Å². The van der Waals surface area contributed by atoms with Gasteiger partial charge in [0.2, 0.25) is 0 Å². The van der Waals surface area contributed by atoms with Gasteiger partial charge in [-0.05, 0) is 0 Å². The number of aromatic nitrogens is 1. The third-order valence-electron chi connectivity index (χ3n) is 1.19. The van der Waals surface area contributed by atoms with Crippen molar-refractivity contribution in [1.82, 2.24) is 4.98 Å². The first-order valence-electron chi connectivity index (χ1n) is 3.22. The van der Waals surface area contributed by atoms with E-state index in [9.17, 15) is 0 Å². The summed E-state index contributed by atoms with van der Waals surface area (Å²) in [5.74, 6) is 7.74. The fraction of sp³-hybridized carbons (Fsp3) is 0.250. The zero-order valence-electron chi connectivity index (χ0n) is 5.96. The second-order valence-corrected chi connectivity index (χ2v) is 1.96. The minimum atomic E-state index is 0.810. The average molecular weight is 129 g/mol. The van der Waals surface area contributed by atoms with E-state index < -0.39 is 0 Å². The molecule has 0 amide bonds. The SMILES string of the molecule is CC#CCc1bccnc1. The van der Waals surface area contributed by atoms with Crippen molar-refractivity contribution in [3.63, 3.8) is 0 Å². The Morgan fingerprint density at radius 1 is 1.70 bits per heavy atom. The van der Waals surface area contributed by atoms with Gasteiger partial charge in [-0.25, -0.2) is 0 Å². The molecule has 0 atom stereocenters. The van der Waals surface area contributed by atoms with Crippen LogP contribution in [0.25, 0.3) is 0 Å². The van der Waals surface area contributed by atoms with Crippen LogP contribution in [0.1, 0.15) is 12.4 Å². The number of hydrogen-bond acceptors (Lipinski definition) is 1. The van der Waals surface area contributed by atoms with Gasteiger partial charge in [-0.1, -0.05) is 0 Å². The van der Waals surface area contributed by atoms with Gasteiger partial charge >= 0.3 is 60.9 Å². The Hall–Kier alpha value is -1.10. The van der Waals surface area contributed by atoms with Crippen LogP contribution in [0.15, 0.2) is 18.4 Å². The van der Waals surface area contributed by atoms with E-state index in [1.807, 2.05) is 26.0 Å². The summed E-state index contributed by atoms with van der Waals surface area (Å²) in [5, 5.41) is 0. The van der Waals surface area contributed by atoms with Crippen molar-refractivity contribution in [3.05, 3.63) is 23.8 Å². The molecule has 1 aromatic rings. The van der Waals surface area contributed by atoms with Crippen LogP contribution in [0.5, 0.6) is 0 Å². The Balaban J connectivity index is 2.64. The van der Waals surface area contributed by atoms with Crippen LogP contribution in [0.4, 0.5) is 0 Å². The second-order valence-electron chi connectivity index (χ2n) is 1.96. The molecule has 0 spiro atoms. The molecule has 0 saturated heterocycles. The fourth-order valence-corrected chi connectivity index (χ4v) is 0.693. The van der Waals surface area contributed by atoms with Crippen molar-refractivity contribution in [2.24, 2.45) is 0 Å². The maximum absolute atomic E-state index is 3.97. The quantitative estimate of drug-likeness (QED) is 0.515. The Morgan fingerprint density at radius 2 is 2.60 bits per heavy atom. The summed E-state index contributed by atoms with van der Waals surface area (Å²) in [5.41, 5.74) is 1.18. The minimum absolute atomic E-state index is 0.810. The van der Waals surface area contributed by atoms with Crippen LogP contribution in [0.3, 0.4) is 0 Å². The molecule has 48 valence electrons. The Morgan fingerprint density at radius 3 is 3.20 bits per heavy atom. The zero-order chi connectivity index (χ0) is 7.23. The molecule has 1 rings (SSSR count). The summed E-state index contributed by atoms with van der Waals surface area (Å²) >= 11 is 0. The van der Waals surface area contributed by atoms with Crippen molar-refractivity contribution < 1.29 is 0 Å². The first-order valence-corrected chi connectivity index (χ1v) is 3.22. The van der Waals surface area contributed by atoms with Gasteiger partial charge in [0.15, 0.2) is 0 Å². The maximum atomic E-state index is 3.97. The van der Waals surface area contributed by atoms with Gasteiger partial charge in [-0.2, -0.15) is 0 Å². The van der Waals surface area contributed by atoms with E-state index in [4.69, 9.17) is 0 Å². The van der Waals surface area contributed by atoms with Crippen molar-refractivity contribution in [3.8, 4) is 11.8 Å². The summed E-state index contributed by atoms with van der Waals surface area (Å²) in [6.07, 6.45) is 4.41.